The lowest BCUT2D eigenvalue weighted by Crippen LogP contribution is -2.46. The van der Waals surface area contributed by atoms with E-state index in [1.165, 1.54) is 4.90 Å². The van der Waals surface area contributed by atoms with Crippen LogP contribution in [0, 0.1) is 6.92 Å². The van der Waals surface area contributed by atoms with Crippen LogP contribution >= 0.6 is 23.2 Å². The van der Waals surface area contributed by atoms with Crippen LogP contribution in [-0.4, -0.2) is 45.7 Å². The van der Waals surface area contributed by atoms with Gasteiger partial charge in [0.1, 0.15) is 11.8 Å². The zero-order chi connectivity index (χ0) is 19.6. The average Bonchev–Trinajstić information content (AvgIpc) is 3.21. The monoisotopic (exact) mass is 411 g/mol. The first-order chi connectivity index (χ1) is 12.8. The minimum absolute atomic E-state index is 0.00979. The second kappa shape index (κ2) is 8.29. The molecule has 1 fully saturated rings. The van der Waals surface area contributed by atoms with Crippen molar-refractivity contribution in [2.75, 3.05) is 6.54 Å². The number of benzene rings is 1. The number of hydrogen-bond donors (Lipinski definition) is 2. The number of nitrogens with zero attached hydrogens (tertiary/aromatic N) is 2. The van der Waals surface area contributed by atoms with Gasteiger partial charge in [-0.1, -0.05) is 34.4 Å². The summed E-state index contributed by atoms with van der Waals surface area (Å²) in [5.74, 6) is -0.203. The Morgan fingerprint density at radius 2 is 2.11 bits per heavy atom. The molecule has 9 heteroatoms. The Morgan fingerprint density at radius 1 is 1.33 bits per heavy atom. The zero-order valence-electron chi connectivity index (χ0n) is 14.6. The average molecular weight is 412 g/mol. The summed E-state index contributed by atoms with van der Waals surface area (Å²) >= 11 is 11.9. The van der Waals surface area contributed by atoms with E-state index in [0.29, 0.717) is 21.5 Å². The topological polar surface area (TPSA) is 95.7 Å². The fraction of sp³-hybridized carbons (Fsp3) is 0.389. The van der Waals surface area contributed by atoms with Crippen LogP contribution in [0.3, 0.4) is 0 Å². The smallest absolute Gasteiger partial charge is 0.243 e. The zero-order valence-corrected chi connectivity index (χ0v) is 16.1. The molecule has 2 heterocycles. The van der Waals surface area contributed by atoms with Crippen molar-refractivity contribution in [1.29, 1.82) is 0 Å². The normalized spacial score (nSPS) is 19.3. The summed E-state index contributed by atoms with van der Waals surface area (Å²) in [5.41, 5.74) is 1.46. The van der Waals surface area contributed by atoms with Crippen LogP contribution in [0.5, 0.6) is 0 Å². The van der Waals surface area contributed by atoms with Crippen molar-refractivity contribution in [3.8, 4) is 0 Å². The third-order valence-electron chi connectivity index (χ3n) is 4.35. The van der Waals surface area contributed by atoms with Crippen molar-refractivity contribution < 1.29 is 19.2 Å². The number of nitrogens with one attached hydrogen (secondary N) is 1. The molecule has 2 amide bonds. The highest BCUT2D eigenvalue weighted by Gasteiger charge is 2.38. The number of amides is 2. The maximum absolute atomic E-state index is 12.6. The molecular weight excluding hydrogens is 393 g/mol. The standard InChI is InChI=1S/C18H19Cl2N3O4/c1-10-4-13(27-22-10)7-17(25)23-9-12(24)6-16(23)18(26)21-8-11-2-3-14(19)15(20)5-11/h2-5,12,16,24H,6-9H2,1H3,(H,21,26)/t12-,16+/m1/s1. The van der Waals surface area contributed by atoms with Crippen molar-refractivity contribution in [3.05, 3.63) is 51.3 Å². The van der Waals surface area contributed by atoms with Crippen molar-refractivity contribution >= 4 is 35.0 Å². The number of β-amino-alcohol motifs (C(OH)–C–C–N with tert-alkyl or cyclic N) is 1. The molecule has 0 unspecified atom stereocenters. The van der Waals surface area contributed by atoms with Crippen molar-refractivity contribution in [3.63, 3.8) is 0 Å². The molecule has 2 aromatic rings. The molecule has 144 valence electrons. The van der Waals surface area contributed by atoms with Crippen LogP contribution in [0.4, 0.5) is 0 Å². The molecular formula is C18H19Cl2N3O4. The quantitative estimate of drug-likeness (QED) is 0.785. The van der Waals surface area contributed by atoms with Gasteiger partial charge in [0, 0.05) is 25.6 Å². The Morgan fingerprint density at radius 3 is 2.78 bits per heavy atom. The van der Waals surface area contributed by atoms with E-state index in [-0.39, 0.29) is 37.7 Å². The molecule has 0 saturated carbocycles. The number of carbonyl (C=O) groups is 2. The van der Waals surface area contributed by atoms with Gasteiger partial charge in [-0.15, -0.1) is 0 Å². The lowest BCUT2D eigenvalue weighted by Gasteiger charge is -2.23. The van der Waals surface area contributed by atoms with Gasteiger partial charge in [-0.3, -0.25) is 9.59 Å². The number of aliphatic hydroxyl groups excluding tert-OH is 1. The van der Waals surface area contributed by atoms with Gasteiger partial charge < -0.3 is 19.8 Å². The highest BCUT2D eigenvalue weighted by molar-refractivity contribution is 6.42. The molecule has 0 aliphatic carbocycles. The number of halogens is 2. The highest BCUT2D eigenvalue weighted by atomic mass is 35.5. The number of likely N-dealkylation sites (tertiary alicyclic amines) is 1. The highest BCUT2D eigenvalue weighted by Crippen LogP contribution is 2.23. The lowest BCUT2D eigenvalue weighted by molar-refractivity contribution is -0.138. The summed E-state index contributed by atoms with van der Waals surface area (Å²) in [4.78, 5) is 26.5. The summed E-state index contributed by atoms with van der Waals surface area (Å²) in [6.45, 7) is 2.11. The Balaban J connectivity index is 1.62. The summed E-state index contributed by atoms with van der Waals surface area (Å²) in [6.07, 6.45) is -0.565. The van der Waals surface area contributed by atoms with Crippen LogP contribution in [0.15, 0.2) is 28.8 Å². The molecule has 1 aliphatic rings. The fourth-order valence-electron chi connectivity index (χ4n) is 3.04. The number of aryl methyl sites for hydroxylation is 1. The summed E-state index contributed by atoms with van der Waals surface area (Å²) in [6, 6.07) is 6.01. The molecule has 1 aromatic heterocycles. The van der Waals surface area contributed by atoms with Gasteiger partial charge in [-0.2, -0.15) is 0 Å². The molecule has 2 atom stereocenters. The maximum Gasteiger partial charge on any atom is 0.243 e. The van der Waals surface area contributed by atoms with Crippen molar-refractivity contribution in [2.24, 2.45) is 0 Å². The number of carbonyl (C=O) groups excluding carboxylic acids is 2. The van der Waals surface area contributed by atoms with Gasteiger partial charge in [0.25, 0.3) is 0 Å². The van der Waals surface area contributed by atoms with Crippen LogP contribution in [0.2, 0.25) is 10.0 Å². The molecule has 7 nitrogen and oxygen atoms in total. The SMILES string of the molecule is Cc1cc(CC(=O)N2C[C@H](O)C[C@H]2C(=O)NCc2ccc(Cl)c(Cl)c2)on1. The molecule has 3 rings (SSSR count). The molecule has 0 radical (unpaired) electrons. The third-order valence-corrected chi connectivity index (χ3v) is 5.09. The predicted octanol–water partition coefficient (Wildman–Crippen LogP) is 2.11. The molecule has 1 aromatic carbocycles. The van der Waals surface area contributed by atoms with E-state index in [0.717, 1.165) is 5.56 Å². The van der Waals surface area contributed by atoms with E-state index < -0.39 is 12.1 Å². The minimum Gasteiger partial charge on any atom is -0.391 e. The van der Waals surface area contributed by atoms with E-state index in [1.54, 1.807) is 31.2 Å². The predicted molar refractivity (Wildman–Crippen MR) is 99.4 cm³/mol. The number of aromatic nitrogens is 1. The first-order valence-corrected chi connectivity index (χ1v) is 9.20. The van der Waals surface area contributed by atoms with E-state index in [2.05, 4.69) is 10.5 Å². The summed E-state index contributed by atoms with van der Waals surface area (Å²) in [7, 11) is 0. The second-order valence-electron chi connectivity index (χ2n) is 6.53. The second-order valence-corrected chi connectivity index (χ2v) is 7.34. The molecule has 0 spiro atoms. The van der Waals surface area contributed by atoms with E-state index >= 15 is 0 Å². The summed E-state index contributed by atoms with van der Waals surface area (Å²) in [5, 5.41) is 17.3. The first kappa shape index (κ1) is 19.7. The van der Waals surface area contributed by atoms with Crippen LogP contribution in [0.25, 0.3) is 0 Å². The maximum atomic E-state index is 12.6. The Bertz CT molecular complexity index is 855. The molecule has 27 heavy (non-hydrogen) atoms. The van der Waals surface area contributed by atoms with Gasteiger partial charge in [0.2, 0.25) is 11.8 Å². The Labute approximate surface area is 166 Å². The van der Waals surface area contributed by atoms with Gasteiger partial charge in [-0.05, 0) is 24.6 Å². The fourth-order valence-corrected chi connectivity index (χ4v) is 3.37. The Kier molecular flexibility index (Phi) is 6.04. The Hall–Kier alpha value is -2.09. The van der Waals surface area contributed by atoms with Crippen LogP contribution in [-0.2, 0) is 22.6 Å². The van der Waals surface area contributed by atoms with E-state index in [4.69, 9.17) is 27.7 Å². The molecule has 0 bridgehead atoms. The minimum atomic E-state index is -0.744. The summed E-state index contributed by atoms with van der Waals surface area (Å²) < 4.78 is 5.06. The number of aliphatic hydroxyl groups is 1. The number of rotatable bonds is 5. The largest absolute Gasteiger partial charge is 0.391 e. The lowest BCUT2D eigenvalue weighted by atomic mass is 10.1. The van der Waals surface area contributed by atoms with E-state index in [1.807, 2.05) is 0 Å². The van der Waals surface area contributed by atoms with Gasteiger partial charge in [0.05, 0.1) is 28.3 Å². The van der Waals surface area contributed by atoms with Gasteiger partial charge in [0.15, 0.2) is 0 Å². The molecule has 1 saturated heterocycles. The van der Waals surface area contributed by atoms with Crippen LogP contribution < -0.4 is 5.32 Å². The van der Waals surface area contributed by atoms with Crippen molar-refractivity contribution in [2.45, 2.75) is 38.5 Å². The van der Waals surface area contributed by atoms with Gasteiger partial charge in [-0.25, -0.2) is 0 Å². The van der Waals surface area contributed by atoms with Crippen LogP contribution in [0.1, 0.15) is 23.4 Å². The molecule has 1 aliphatic heterocycles. The number of hydrogen-bond acceptors (Lipinski definition) is 5. The van der Waals surface area contributed by atoms with Gasteiger partial charge >= 0.3 is 0 Å². The van der Waals surface area contributed by atoms with E-state index in [9.17, 15) is 14.7 Å². The third kappa shape index (κ3) is 4.80. The van der Waals surface area contributed by atoms with Crippen molar-refractivity contribution in [1.82, 2.24) is 15.4 Å². The first-order valence-electron chi connectivity index (χ1n) is 8.45. The molecule has 2 N–H and O–H groups in total.